The summed E-state index contributed by atoms with van der Waals surface area (Å²) in [5.41, 5.74) is 0.880. The first-order valence-corrected chi connectivity index (χ1v) is 10.6. The number of carbonyl (C=O) groups is 2. The first-order valence-electron chi connectivity index (χ1n) is 8.85. The Bertz CT molecular complexity index is 876. The molecule has 154 valence electrons. The molecule has 1 N–H and O–H groups in total. The van der Waals surface area contributed by atoms with Crippen molar-refractivity contribution in [3.05, 3.63) is 74.8 Å². The first-order chi connectivity index (χ1) is 13.8. The van der Waals surface area contributed by atoms with Gasteiger partial charge >= 0.3 is 0 Å². The number of rotatable bonds is 9. The van der Waals surface area contributed by atoms with Crippen LogP contribution in [0.2, 0.25) is 5.02 Å². The van der Waals surface area contributed by atoms with Gasteiger partial charge in [-0.3, -0.25) is 19.7 Å². The van der Waals surface area contributed by atoms with E-state index >= 15 is 0 Å². The summed E-state index contributed by atoms with van der Waals surface area (Å²) in [5.74, 6) is -0.0683. The van der Waals surface area contributed by atoms with E-state index in [9.17, 15) is 19.7 Å². The van der Waals surface area contributed by atoms with E-state index in [0.29, 0.717) is 23.7 Å². The predicted octanol–water partition coefficient (Wildman–Crippen LogP) is 3.76. The molecule has 0 aliphatic rings. The Balaban J connectivity index is 2.11. The van der Waals surface area contributed by atoms with Crippen molar-refractivity contribution < 1.29 is 14.5 Å². The van der Waals surface area contributed by atoms with Gasteiger partial charge < -0.3 is 10.2 Å². The normalized spacial score (nSPS) is 11.6. The number of benzene rings is 2. The maximum absolute atomic E-state index is 12.9. The van der Waals surface area contributed by atoms with Crippen LogP contribution in [0.5, 0.6) is 0 Å². The summed E-state index contributed by atoms with van der Waals surface area (Å²) in [6, 6.07) is 11.9. The average Bonchev–Trinajstić information content (AvgIpc) is 2.72. The minimum atomic E-state index is -0.730. The van der Waals surface area contributed by atoms with Gasteiger partial charge in [-0.2, -0.15) is 11.8 Å². The maximum atomic E-state index is 12.9. The van der Waals surface area contributed by atoms with Crippen molar-refractivity contribution in [3.63, 3.8) is 0 Å². The molecular weight excluding hydrogens is 414 g/mol. The van der Waals surface area contributed by atoms with Gasteiger partial charge in [0.1, 0.15) is 6.04 Å². The Hall–Kier alpha value is -2.58. The molecular formula is C20H22ClN3O4S. The highest BCUT2D eigenvalue weighted by atomic mass is 35.5. The third-order valence-corrected chi connectivity index (χ3v) is 5.14. The van der Waals surface area contributed by atoms with E-state index < -0.39 is 16.9 Å². The molecule has 0 saturated carbocycles. The number of nitrogens with zero attached hydrogens (tertiary/aromatic N) is 2. The van der Waals surface area contributed by atoms with Gasteiger partial charge in [0, 0.05) is 36.3 Å². The lowest BCUT2D eigenvalue weighted by atomic mass is 10.1. The average molecular weight is 436 g/mol. The summed E-state index contributed by atoms with van der Waals surface area (Å²) in [5, 5.41) is 14.3. The zero-order chi connectivity index (χ0) is 21.4. The second-order valence-electron chi connectivity index (χ2n) is 6.44. The van der Waals surface area contributed by atoms with E-state index in [1.165, 1.54) is 24.3 Å². The number of thioether (sulfide) groups is 1. The van der Waals surface area contributed by atoms with Crippen LogP contribution < -0.4 is 5.32 Å². The van der Waals surface area contributed by atoms with Gasteiger partial charge in [0.15, 0.2) is 0 Å². The highest BCUT2D eigenvalue weighted by Crippen LogP contribution is 2.15. The number of hydrogen-bond acceptors (Lipinski definition) is 5. The lowest BCUT2D eigenvalue weighted by Gasteiger charge is -2.25. The van der Waals surface area contributed by atoms with Gasteiger partial charge in [-0.05, 0) is 42.2 Å². The van der Waals surface area contributed by atoms with Crippen molar-refractivity contribution in [2.45, 2.75) is 19.0 Å². The molecule has 0 aliphatic carbocycles. The van der Waals surface area contributed by atoms with Crippen LogP contribution in [-0.4, -0.2) is 46.7 Å². The molecule has 0 bridgehead atoms. The summed E-state index contributed by atoms with van der Waals surface area (Å²) in [6.07, 6.45) is 2.37. The van der Waals surface area contributed by atoms with Gasteiger partial charge in [-0.15, -0.1) is 0 Å². The van der Waals surface area contributed by atoms with E-state index in [-0.39, 0.29) is 17.2 Å². The standard InChI is InChI=1S/C20H22ClN3O4S/c1-23(13-14-6-8-16(21)9-7-14)20(26)18(10-11-29-2)22-19(25)15-4-3-5-17(12-15)24(27)28/h3-9,12,18H,10-11,13H2,1-2H3,(H,22,25). The molecule has 1 unspecified atom stereocenters. The number of carbonyl (C=O) groups excluding carboxylic acids is 2. The van der Waals surface area contributed by atoms with E-state index in [0.717, 1.165) is 5.56 Å². The molecule has 2 amide bonds. The second-order valence-corrected chi connectivity index (χ2v) is 7.86. The molecule has 2 aromatic carbocycles. The topological polar surface area (TPSA) is 92.5 Å². The van der Waals surface area contributed by atoms with Gasteiger partial charge in [-0.25, -0.2) is 0 Å². The fourth-order valence-electron chi connectivity index (χ4n) is 2.70. The fourth-order valence-corrected chi connectivity index (χ4v) is 3.30. The van der Waals surface area contributed by atoms with Crippen LogP contribution in [0.4, 0.5) is 5.69 Å². The highest BCUT2D eigenvalue weighted by molar-refractivity contribution is 7.98. The van der Waals surface area contributed by atoms with Gasteiger partial charge in [0.05, 0.1) is 4.92 Å². The Labute approximate surface area is 178 Å². The zero-order valence-electron chi connectivity index (χ0n) is 16.1. The molecule has 0 spiro atoms. The Morgan fingerprint density at radius 3 is 2.55 bits per heavy atom. The second kappa shape index (κ2) is 10.8. The Morgan fingerprint density at radius 1 is 1.24 bits per heavy atom. The maximum Gasteiger partial charge on any atom is 0.270 e. The summed E-state index contributed by atoms with van der Waals surface area (Å²) < 4.78 is 0. The SMILES string of the molecule is CSCCC(NC(=O)c1cccc([N+](=O)[O-])c1)C(=O)N(C)Cc1ccc(Cl)cc1. The van der Waals surface area contributed by atoms with E-state index in [1.807, 2.05) is 18.4 Å². The lowest BCUT2D eigenvalue weighted by molar-refractivity contribution is -0.384. The lowest BCUT2D eigenvalue weighted by Crippen LogP contribution is -2.47. The molecule has 0 radical (unpaired) electrons. The van der Waals surface area contributed by atoms with Crippen LogP contribution in [0.25, 0.3) is 0 Å². The van der Waals surface area contributed by atoms with Gasteiger partial charge in [-0.1, -0.05) is 29.8 Å². The summed E-state index contributed by atoms with van der Waals surface area (Å²) in [7, 11) is 1.67. The summed E-state index contributed by atoms with van der Waals surface area (Å²) >= 11 is 7.46. The highest BCUT2D eigenvalue weighted by Gasteiger charge is 2.25. The van der Waals surface area contributed by atoms with Gasteiger partial charge in [0.2, 0.25) is 5.91 Å². The number of amides is 2. The van der Waals surface area contributed by atoms with Crippen LogP contribution in [0, 0.1) is 10.1 Å². The molecule has 0 aromatic heterocycles. The Kier molecular flexibility index (Phi) is 8.48. The molecule has 0 aliphatic heterocycles. The van der Waals surface area contributed by atoms with Crippen molar-refractivity contribution in [1.29, 1.82) is 0 Å². The summed E-state index contributed by atoms with van der Waals surface area (Å²) in [4.78, 5) is 37.4. The number of halogens is 1. The number of nitro benzene ring substituents is 1. The largest absolute Gasteiger partial charge is 0.340 e. The number of likely N-dealkylation sites (N-methyl/N-ethyl adjacent to an activating group) is 1. The van der Waals surface area contributed by atoms with E-state index in [2.05, 4.69) is 5.32 Å². The minimum Gasteiger partial charge on any atom is -0.340 e. The van der Waals surface area contributed by atoms with Crippen LogP contribution in [-0.2, 0) is 11.3 Å². The van der Waals surface area contributed by atoms with E-state index in [1.54, 1.807) is 35.8 Å². The predicted molar refractivity (Wildman–Crippen MR) is 115 cm³/mol. The molecule has 1 atom stereocenters. The quantitative estimate of drug-likeness (QED) is 0.478. The molecule has 0 fully saturated rings. The number of nitrogens with one attached hydrogen (secondary N) is 1. The van der Waals surface area contributed by atoms with Crippen LogP contribution in [0.15, 0.2) is 48.5 Å². The van der Waals surface area contributed by atoms with Crippen molar-refractivity contribution in [1.82, 2.24) is 10.2 Å². The minimum absolute atomic E-state index is 0.140. The van der Waals surface area contributed by atoms with Crippen molar-refractivity contribution in [3.8, 4) is 0 Å². The first kappa shape index (κ1) is 22.7. The third kappa shape index (κ3) is 6.76. The molecule has 2 rings (SSSR count). The zero-order valence-corrected chi connectivity index (χ0v) is 17.7. The monoisotopic (exact) mass is 435 g/mol. The molecule has 7 nitrogen and oxygen atoms in total. The van der Waals surface area contributed by atoms with Crippen molar-refractivity contribution in [2.24, 2.45) is 0 Å². The Morgan fingerprint density at radius 2 is 1.93 bits per heavy atom. The van der Waals surface area contributed by atoms with E-state index in [4.69, 9.17) is 11.6 Å². The van der Waals surface area contributed by atoms with Crippen LogP contribution >= 0.6 is 23.4 Å². The number of nitro groups is 1. The molecule has 9 heteroatoms. The van der Waals surface area contributed by atoms with Crippen LogP contribution in [0.3, 0.4) is 0 Å². The van der Waals surface area contributed by atoms with Crippen molar-refractivity contribution in [2.75, 3.05) is 19.1 Å². The number of hydrogen-bond donors (Lipinski definition) is 1. The third-order valence-electron chi connectivity index (χ3n) is 4.24. The molecule has 0 heterocycles. The summed E-state index contributed by atoms with van der Waals surface area (Å²) in [6.45, 7) is 0.373. The van der Waals surface area contributed by atoms with Crippen molar-refractivity contribution >= 4 is 40.9 Å². The molecule has 0 saturated heterocycles. The molecule has 2 aromatic rings. The smallest absolute Gasteiger partial charge is 0.270 e. The van der Waals surface area contributed by atoms with Gasteiger partial charge in [0.25, 0.3) is 11.6 Å². The van der Waals surface area contributed by atoms with Crippen LogP contribution in [0.1, 0.15) is 22.3 Å². The molecule has 29 heavy (non-hydrogen) atoms. The number of non-ortho nitro benzene ring substituents is 1. The fraction of sp³-hybridized carbons (Fsp3) is 0.300.